The predicted molar refractivity (Wildman–Crippen MR) is 73.9 cm³/mol. The topological polar surface area (TPSA) is 23.6 Å². The third-order valence-electron chi connectivity index (χ3n) is 3.20. The van der Waals surface area contributed by atoms with Gasteiger partial charge in [0.1, 0.15) is 0 Å². The molecule has 0 bridgehead atoms. The molecule has 0 N–H and O–H groups in total. The Bertz CT molecular complexity index is 408. The van der Waals surface area contributed by atoms with Crippen LogP contribution in [0.1, 0.15) is 16.8 Å². The zero-order valence-electron chi connectivity index (χ0n) is 10.0. The lowest BCUT2D eigenvalue weighted by Crippen LogP contribution is -2.28. The van der Waals surface area contributed by atoms with Crippen molar-refractivity contribution in [1.29, 1.82) is 0 Å². The van der Waals surface area contributed by atoms with Gasteiger partial charge >= 0.3 is 0 Å². The lowest BCUT2D eigenvalue weighted by atomic mass is 10.2. The molecule has 0 radical (unpaired) electrons. The van der Waals surface area contributed by atoms with Crippen LogP contribution < -0.4 is 4.90 Å². The van der Waals surface area contributed by atoms with Crippen molar-refractivity contribution >= 4 is 27.9 Å². The van der Waals surface area contributed by atoms with Gasteiger partial charge in [0.15, 0.2) is 6.29 Å². The highest BCUT2D eigenvalue weighted by molar-refractivity contribution is 9.10. The molecule has 1 aliphatic heterocycles. The molecule has 0 unspecified atom stereocenters. The molecule has 0 aromatic heterocycles. The van der Waals surface area contributed by atoms with E-state index < -0.39 is 0 Å². The molecule has 1 heterocycles. The summed E-state index contributed by atoms with van der Waals surface area (Å²) in [6.07, 6.45) is 2.06. The summed E-state index contributed by atoms with van der Waals surface area (Å²) >= 11 is 3.44. The molecular weight excluding hydrogens is 280 g/mol. The predicted octanol–water partition coefficient (Wildman–Crippen LogP) is 2.40. The number of hydrogen-bond donors (Lipinski definition) is 0. The maximum atomic E-state index is 10.8. The van der Waals surface area contributed by atoms with Gasteiger partial charge in [0.25, 0.3) is 0 Å². The SMILES string of the molecule is CN1CCCN(c2ccc(C=O)c(Br)c2)CC1. The molecule has 0 atom stereocenters. The van der Waals surface area contributed by atoms with Crippen molar-refractivity contribution in [1.82, 2.24) is 4.90 Å². The molecule has 1 aliphatic rings. The van der Waals surface area contributed by atoms with Crippen molar-refractivity contribution in [3.05, 3.63) is 28.2 Å². The van der Waals surface area contributed by atoms with Gasteiger partial charge in [-0.3, -0.25) is 4.79 Å². The number of likely N-dealkylation sites (N-methyl/N-ethyl adjacent to an activating group) is 1. The van der Waals surface area contributed by atoms with Gasteiger partial charge in [-0.15, -0.1) is 0 Å². The highest BCUT2D eigenvalue weighted by Gasteiger charge is 2.13. The number of halogens is 1. The fourth-order valence-electron chi connectivity index (χ4n) is 2.11. The van der Waals surface area contributed by atoms with Crippen LogP contribution in [0.4, 0.5) is 5.69 Å². The van der Waals surface area contributed by atoms with Crippen LogP contribution in [0.15, 0.2) is 22.7 Å². The molecule has 4 heteroatoms. The zero-order chi connectivity index (χ0) is 12.3. The van der Waals surface area contributed by atoms with Gasteiger partial charge in [-0.2, -0.15) is 0 Å². The zero-order valence-corrected chi connectivity index (χ0v) is 11.6. The molecule has 17 heavy (non-hydrogen) atoms. The van der Waals surface area contributed by atoms with Crippen LogP contribution in [0, 0.1) is 0 Å². The van der Waals surface area contributed by atoms with E-state index in [0.29, 0.717) is 5.56 Å². The lowest BCUT2D eigenvalue weighted by Gasteiger charge is -2.23. The average Bonchev–Trinajstić information content (AvgIpc) is 2.54. The second-order valence-electron chi connectivity index (χ2n) is 4.47. The van der Waals surface area contributed by atoms with E-state index in [0.717, 1.165) is 36.9 Å². The summed E-state index contributed by atoms with van der Waals surface area (Å²) in [6, 6.07) is 5.94. The molecule has 3 nitrogen and oxygen atoms in total. The summed E-state index contributed by atoms with van der Waals surface area (Å²) in [5.74, 6) is 0. The normalized spacial score (nSPS) is 17.9. The lowest BCUT2D eigenvalue weighted by molar-refractivity contribution is 0.112. The quantitative estimate of drug-likeness (QED) is 0.783. The molecule has 2 rings (SSSR count). The Morgan fingerprint density at radius 3 is 2.76 bits per heavy atom. The van der Waals surface area contributed by atoms with E-state index in [-0.39, 0.29) is 0 Å². The molecule has 92 valence electrons. The molecule has 0 aliphatic carbocycles. The van der Waals surface area contributed by atoms with Crippen LogP contribution in [0.5, 0.6) is 0 Å². The van der Waals surface area contributed by atoms with Crippen LogP contribution in [0.25, 0.3) is 0 Å². The van der Waals surface area contributed by atoms with Gasteiger partial charge in [0.2, 0.25) is 0 Å². The monoisotopic (exact) mass is 296 g/mol. The van der Waals surface area contributed by atoms with Crippen molar-refractivity contribution in [2.45, 2.75) is 6.42 Å². The molecule has 0 amide bonds. The summed E-state index contributed by atoms with van der Waals surface area (Å²) in [7, 11) is 2.16. The Hall–Kier alpha value is -0.870. The number of aldehydes is 1. The smallest absolute Gasteiger partial charge is 0.151 e. The van der Waals surface area contributed by atoms with E-state index in [2.05, 4.69) is 32.8 Å². The molecule has 0 saturated carbocycles. The first-order valence-electron chi connectivity index (χ1n) is 5.89. The maximum absolute atomic E-state index is 10.8. The molecule has 1 aromatic carbocycles. The number of carbonyl (C=O) groups excluding carboxylic acids is 1. The van der Waals surface area contributed by atoms with Crippen LogP contribution in [-0.4, -0.2) is 44.4 Å². The molecular formula is C13H17BrN2O. The number of hydrogen-bond acceptors (Lipinski definition) is 3. The minimum Gasteiger partial charge on any atom is -0.370 e. The van der Waals surface area contributed by atoms with Gasteiger partial charge < -0.3 is 9.80 Å². The van der Waals surface area contributed by atoms with Gasteiger partial charge in [0, 0.05) is 35.4 Å². The van der Waals surface area contributed by atoms with E-state index in [9.17, 15) is 4.79 Å². The van der Waals surface area contributed by atoms with Crippen molar-refractivity contribution in [3.63, 3.8) is 0 Å². The first kappa shape index (κ1) is 12.6. The highest BCUT2D eigenvalue weighted by Crippen LogP contribution is 2.24. The average molecular weight is 297 g/mol. The fourth-order valence-corrected chi connectivity index (χ4v) is 2.57. The minimum atomic E-state index is 0.709. The van der Waals surface area contributed by atoms with E-state index in [1.807, 2.05) is 18.2 Å². The van der Waals surface area contributed by atoms with Crippen molar-refractivity contribution in [2.24, 2.45) is 0 Å². The summed E-state index contributed by atoms with van der Waals surface area (Å²) in [5.41, 5.74) is 1.90. The third-order valence-corrected chi connectivity index (χ3v) is 3.88. The highest BCUT2D eigenvalue weighted by atomic mass is 79.9. The second kappa shape index (κ2) is 5.65. The van der Waals surface area contributed by atoms with E-state index in [1.54, 1.807) is 0 Å². The summed E-state index contributed by atoms with van der Waals surface area (Å²) in [5, 5.41) is 0. The van der Waals surface area contributed by atoms with Gasteiger partial charge in [-0.25, -0.2) is 0 Å². The Morgan fingerprint density at radius 1 is 1.24 bits per heavy atom. The minimum absolute atomic E-state index is 0.709. The van der Waals surface area contributed by atoms with Crippen molar-refractivity contribution < 1.29 is 4.79 Å². The Kier molecular flexibility index (Phi) is 4.18. The first-order valence-corrected chi connectivity index (χ1v) is 6.68. The van der Waals surface area contributed by atoms with Crippen molar-refractivity contribution in [2.75, 3.05) is 38.1 Å². The summed E-state index contributed by atoms with van der Waals surface area (Å²) in [6.45, 7) is 4.37. The summed E-state index contributed by atoms with van der Waals surface area (Å²) < 4.78 is 0.877. The van der Waals surface area contributed by atoms with Crippen LogP contribution in [0.2, 0.25) is 0 Å². The number of nitrogens with zero attached hydrogens (tertiary/aromatic N) is 2. The Morgan fingerprint density at radius 2 is 2.06 bits per heavy atom. The molecule has 0 spiro atoms. The molecule has 1 aromatic rings. The number of rotatable bonds is 2. The summed E-state index contributed by atoms with van der Waals surface area (Å²) in [4.78, 5) is 15.5. The van der Waals surface area contributed by atoms with Gasteiger partial charge in [0.05, 0.1) is 0 Å². The second-order valence-corrected chi connectivity index (χ2v) is 5.32. The van der Waals surface area contributed by atoms with E-state index in [4.69, 9.17) is 0 Å². The van der Waals surface area contributed by atoms with Crippen LogP contribution in [-0.2, 0) is 0 Å². The Balaban J connectivity index is 2.16. The number of benzene rings is 1. The Labute approximate surface area is 111 Å². The van der Waals surface area contributed by atoms with Gasteiger partial charge in [-0.1, -0.05) is 0 Å². The fraction of sp³-hybridized carbons (Fsp3) is 0.462. The van der Waals surface area contributed by atoms with Crippen LogP contribution >= 0.6 is 15.9 Å². The first-order chi connectivity index (χ1) is 8.20. The van der Waals surface area contributed by atoms with E-state index in [1.165, 1.54) is 12.1 Å². The molecule has 1 saturated heterocycles. The van der Waals surface area contributed by atoms with Crippen LogP contribution in [0.3, 0.4) is 0 Å². The molecule has 1 fully saturated rings. The third kappa shape index (κ3) is 3.07. The standard InChI is InChI=1S/C13H17BrN2O/c1-15-5-2-6-16(8-7-15)12-4-3-11(10-17)13(14)9-12/h3-4,9-10H,2,5-8H2,1H3. The van der Waals surface area contributed by atoms with E-state index >= 15 is 0 Å². The maximum Gasteiger partial charge on any atom is 0.151 e. The number of carbonyl (C=O) groups is 1. The number of anilines is 1. The van der Waals surface area contributed by atoms with Gasteiger partial charge in [-0.05, 0) is 54.1 Å². The van der Waals surface area contributed by atoms with Crippen molar-refractivity contribution in [3.8, 4) is 0 Å². The largest absolute Gasteiger partial charge is 0.370 e.